The van der Waals surface area contributed by atoms with Crippen molar-refractivity contribution < 1.29 is 12.8 Å². The third-order valence-corrected chi connectivity index (χ3v) is 6.55. The topological polar surface area (TPSA) is 34.1 Å². The van der Waals surface area contributed by atoms with E-state index in [1.54, 1.807) is 30.3 Å². The Labute approximate surface area is 132 Å². The molecule has 1 aliphatic rings. The van der Waals surface area contributed by atoms with Gasteiger partial charge in [0.1, 0.15) is 5.82 Å². The monoisotopic (exact) mass is 368 g/mol. The van der Waals surface area contributed by atoms with Crippen LogP contribution in [0.4, 0.5) is 4.39 Å². The second-order valence-electron chi connectivity index (χ2n) is 5.21. The van der Waals surface area contributed by atoms with Crippen molar-refractivity contribution in [2.45, 2.75) is 16.7 Å². The summed E-state index contributed by atoms with van der Waals surface area (Å²) in [5.74, 6) is -0.674. The first-order valence-electron chi connectivity index (χ1n) is 6.66. The van der Waals surface area contributed by atoms with Gasteiger partial charge in [0.05, 0.1) is 10.6 Å². The van der Waals surface area contributed by atoms with Crippen molar-refractivity contribution in [1.29, 1.82) is 0 Å². The normalized spacial score (nSPS) is 21.0. The van der Waals surface area contributed by atoms with Gasteiger partial charge in [-0.3, -0.25) is 0 Å². The second kappa shape index (κ2) is 5.54. The molecule has 1 heterocycles. The van der Waals surface area contributed by atoms with Crippen LogP contribution < -0.4 is 0 Å². The van der Waals surface area contributed by atoms with Crippen molar-refractivity contribution in [3.8, 4) is 0 Å². The maximum absolute atomic E-state index is 14.1. The number of halogens is 2. The zero-order valence-electron chi connectivity index (χ0n) is 11.2. The van der Waals surface area contributed by atoms with E-state index in [4.69, 9.17) is 0 Å². The molecule has 0 spiro atoms. The van der Waals surface area contributed by atoms with Gasteiger partial charge in [-0.1, -0.05) is 52.3 Å². The highest BCUT2D eigenvalue weighted by atomic mass is 79.9. The number of hydrogen-bond donors (Lipinski definition) is 0. The van der Waals surface area contributed by atoms with Gasteiger partial charge in [-0.15, -0.1) is 0 Å². The lowest BCUT2D eigenvalue weighted by molar-refractivity contribution is 0.556. The highest BCUT2D eigenvalue weighted by Crippen LogP contribution is 2.44. The van der Waals surface area contributed by atoms with Gasteiger partial charge < -0.3 is 0 Å². The van der Waals surface area contributed by atoms with Gasteiger partial charge in [-0.25, -0.2) is 12.8 Å². The fourth-order valence-electron chi connectivity index (χ4n) is 3.00. The van der Waals surface area contributed by atoms with Crippen molar-refractivity contribution in [3.05, 3.63) is 65.5 Å². The van der Waals surface area contributed by atoms with Gasteiger partial charge in [0.25, 0.3) is 0 Å². The van der Waals surface area contributed by atoms with Crippen LogP contribution in [0.3, 0.4) is 0 Å². The lowest BCUT2D eigenvalue weighted by atomic mass is 9.84. The summed E-state index contributed by atoms with van der Waals surface area (Å²) in [6.07, 6.45) is 0. The third kappa shape index (κ3) is 2.53. The predicted octanol–water partition coefficient (Wildman–Crippen LogP) is 3.88. The van der Waals surface area contributed by atoms with Crippen LogP contribution in [-0.4, -0.2) is 19.5 Å². The van der Waals surface area contributed by atoms with Gasteiger partial charge in [-0.2, -0.15) is 0 Å². The largest absolute Gasteiger partial charge is 0.224 e. The van der Waals surface area contributed by atoms with E-state index in [-0.39, 0.29) is 23.4 Å². The molecule has 0 saturated heterocycles. The maximum Gasteiger partial charge on any atom is 0.179 e. The molecular weight excluding hydrogens is 355 g/mol. The Morgan fingerprint density at radius 2 is 1.81 bits per heavy atom. The molecule has 2 atom stereocenters. The van der Waals surface area contributed by atoms with Crippen LogP contribution >= 0.6 is 15.9 Å². The summed E-state index contributed by atoms with van der Waals surface area (Å²) in [5.41, 5.74) is 1.36. The minimum atomic E-state index is -3.27. The molecule has 0 amide bonds. The zero-order valence-corrected chi connectivity index (χ0v) is 13.6. The van der Waals surface area contributed by atoms with E-state index < -0.39 is 9.84 Å². The number of hydrogen-bond acceptors (Lipinski definition) is 2. The van der Waals surface area contributed by atoms with E-state index in [9.17, 15) is 12.8 Å². The average Bonchev–Trinajstić information content (AvgIpc) is 2.74. The molecule has 2 aromatic rings. The van der Waals surface area contributed by atoms with Crippen LogP contribution in [0.5, 0.6) is 0 Å². The van der Waals surface area contributed by atoms with E-state index in [2.05, 4.69) is 15.9 Å². The molecule has 110 valence electrons. The van der Waals surface area contributed by atoms with Gasteiger partial charge in [0.2, 0.25) is 0 Å². The lowest BCUT2D eigenvalue weighted by Crippen LogP contribution is -2.16. The number of alkyl halides is 1. The van der Waals surface area contributed by atoms with E-state index >= 15 is 0 Å². The average molecular weight is 369 g/mol. The highest BCUT2D eigenvalue weighted by molar-refractivity contribution is 9.09. The molecule has 0 aromatic heterocycles. The molecule has 0 bridgehead atoms. The summed E-state index contributed by atoms with van der Waals surface area (Å²) in [5, 5.41) is 0.516. The first-order valence-corrected chi connectivity index (χ1v) is 9.44. The summed E-state index contributed by atoms with van der Waals surface area (Å²) in [6.45, 7) is 0. The van der Waals surface area contributed by atoms with Crippen LogP contribution in [0.25, 0.3) is 0 Å². The fourth-order valence-corrected chi connectivity index (χ4v) is 5.73. The van der Waals surface area contributed by atoms with E-state index in [0.717, 1.165) is 5.56 Å². The number of sulfone groups is 1. The zero-order chi connectivity index (χ0) is 15.0. The predicted molar refractivity (Wildman–Crippen MR) is 84.2 cm³/mol. The number of benzene rings is 2. The molecule has 0 aliphatic carbocycles. The van der Waals surface area contributed by atoms with Crippen molar-refractivity contribution >= 4 is 25.8 Å². The summed E-state index contributed by atoms with van der Waals surface area (Å²) >= 11 is 3.42. The minimum absolute atomic E-state index is 0.0386. The second-order valence-corrected chi connectivity index (χ2v) is 7.86. The molecule has 2 nitrogen and oxygen atoms in total. The lowest BCUT2D eigenvalue weighted by Gasteiger charge is -2.22. The van der Waals surface area contributed by atoms with Crippen LogP contribution in [0, 0.1) is 5.82 Å². The van der Waals surface area contributed by atoms with Crippen LogP contribution in [-0.2, 0) is 9.84 Å². The molecule has 2 unspecified atom stereocenters. The SMILES string of the molecule is O=S1(=O)CC(C(CBr)c2ccccc2F)c2ccccc21. The molecule has 0 N–H and O–H groups in total. The molecule has 0 saturated carbocycles. The van der Waals surface area contributed by atoms with Crippen molar-refractivity contribution in [3.63, 3.8) is 0 Å². The first-order chi connectivity index (χ1) is 10.0. The summed E-state index contributed by atoms with van der Waals surface area (Å²) in [7, 11) is -3.27. The minimum Gasteiger partial charge on any atom is -0.224 e. The Morgan fingerprint density at radius 3 is 2.52 bits per heavy atom. The van der Waals surface area contributed by atoms with Gasteiger partial charge in [-0.05, 0) is 23.3 Å². The quantitative estimate of drug-likeness (QED) is 0.770. The number of rotatable bonds is 3. The molecule has 1 aliphatic heterocycles. The van der Waals surface area contributed by atoms with Gasteiger partial charge >= 0.3 is 0 Å². The summed E-state index contributed by atoms with van der Waals surface area (Å²) in [6, 6.07) is 13.6. The molecule has 3 rings (SSSR count). The Hall–Kier alpha value is -1.20. The Morgan fingerprint density at radius 1 is 1.14 bits per heavy atom. The highest BCUT2D eigenvalue weighted by Gasteiger charge is 2.39. The van der Waals surface area contributed by atoms with Gasteiger partial charge in [0.15, 0.2) is 9.84 Å². The number of fused-ring (bicyclic) bond motifs is 1. The molecule has 2 aromatic carbocycles. The van der Waals surface area contributed by atoms with Crippen LogP contribution in [0.2, 0.25) is 0 Å². The maximum atomic E-state index is 14.1. The van der Waals surface area contributed by atoms with Crippen molar-refractivity contribution in [1.82, 2.24) is 0 Å². The van der Waals surface area contributed by atoms with Gasteiger partial charge in [0, 0.05) is 17.2 Å². The molecule has 0 radical (unpaired) electrons. The smallest absolute Gasteiger partial charge is 0.179 e. The molecule has 0 fully saturated rings. The summed E-state index contributed by atoms with van der Waals surface area (Å²) in [4.78, 5) is 0.386. The Bertz CT molecular complexity index is 773. The van der Waals surface area contributed by atoms with Crippen molar-refractivity contribution in [2.75, 3.05) is 11.1 Å². The summed E-state index contributed by atoms with van der Waals surface area (Å²) < 4.78 is 38.7. The first kappa shape index (κ1) is 14.7. The molecule has 5 heteroatoms. The van der Waals surface area contributed by atoms with E-state index in [1.807, 2.05) is 12.1 Å². The molecular formula is C16H14BrFO2S. The fraction of sp³-hybridized carbons (Fsp3) is 0.250. The Kier molecular flexibility index (Phi) is 3.88. The standard InChI is InChI=1S/C16H14BrFO2S/c17-9-13(11-5-1-3-7-15(11)18)14-10-21(19,20)16-8-4-2-6-12(14)16/h1-8,13-14H,9-10H2. The third-order valence-electron chi connectivity index (χ3n) is 4.01. The van der Waals surface area contributed by atoms with Crippen LogP contribution in [0.15, 0.2) is 53.4 Å². The Balaban J connectivity index is 2.10. The van der Waals surface area contributed by atoms with Crippen molar-refractivity contribution in [2.24, 2.45) is 0 Å². The molecule has 21 heavy (non-hydrogen) atoms. The van der Waals surface area contributed by atoms with E-state index in [0.29, 0.717) is 15.8 Å². The van der Waals surface area contributed by atoms with E-state index in [1.165, 1.54) is 6.07 Å². The van der Waals surface area contributed by atoms with Crippen LogP contribution in [0.1, 0.15) is 23.0 Å².